The van der Waals surface area contributed by atoms with Gasteiger partial charge in [-0.05, 0) is 5.56 Å². The van der Waals surface area contributed by atoms with Crippen LogP contribution in [0.4, 0.5) is 4.11 Å². The Hall–Kier alpha value is -0.893. The summed E-state index contributed by atoms with van der Waals surface area (Å²) in [6, 6.07) is 9.75. The lowest BCUT2D eigenvalue weighted by Gasteiger charge is -1.87. The predicted octanol–water partition coefficient (Wildman–Crippen LogP) is 1.71. The third-order valence-electron chi connectivity index (χ3n) is 1.20. The van der Waals surface area contributed by atoms with Gasteiger partial charge in [0.1, 0.15) is 0 Å². The molecule has 0 aliphatic heterocycles. The summed E-state index contributed by atoms with van der Waals surface area (Å²) in [6.07, 6.45) is 1.83. The normalized spacial score (nSPS) is 11.7. The van der Waals surface area contributed by atoms with Crippen LogP contribution in [-0.2, 0) is 0 Å². The molecular weight excluding hydrogens is 143 g/mol. The Morgan fingerprint density at radius 3 is 2.50 bits per heavy atom. The van der Waals surface area contributed by atoms with Gasteiger partial charge in [-0.1, -0.05) is 42.1 Å². The van der Waals surface area contributed by atoms with Gasteiger partial charge in [0.05, 0.1) is 0 Å². The van der Waals surface area contributed by atoms with E-state index >= 15 is 0 Å². The first-order valence-corrected chi connectivity index (χ1v) is 4.56. The van der Waals surface area contributed by atoms with Crippen LogP contribution in [0.5, 0.6) is 0 Å². The molecule has 1 aromatic carbocycles. The van der Waals surface area contributed by atoms with Gasteiger partial charge >= 0.3 is 0 Å². The van der Waals surface area contributed by atoms with Crippen LogP contribution >= 0.6 is 0 Å². The number of rotatable bonds is 2. The van der Waals surface area contributed by atoms with E-state index in [4.69, 9.17) is 0 Å². The van der Waals surface area contributed by atoms with Crippen LogP contribution in [0.3, 0.4) is 0 Å². The van der Waals surface area contributed by atoms with Crippen molar-refractivity contribution in [3.63, 3.8) is 0 Å². The van der Waals surface area contributed by atoms with Crippen LogP contribution in [0.1, 0.15) is 5.56 Å². The first kappa shape index (κ1) is 7.22. The Balaban J connectivity index is 2.67. The van der Waals surface area contributed by atoms with Crippen molar-refractivity contribution < 1.29 is 4.11 Å². The molecule has 0 unspecified atom stereocenters. The fraction of sp³-hybridized carbons (Fsp3) is 0. The van der Waals surface area contributed by atoms with Gasteiger partial charge in [0, 0.05) is 0 Å². The fourth-order valence-electron chi connectivity index (χ4n) is 0.745. The summed E-state index contributed by atoms with van der Waals surface area (Å²) in [4.78, 5) is 0. The molecule has 0 nitrogen and oxygen atoms in total. The van der Waals surface area contributed by atoms with Crippen molar-refractivity contribution in [2.75, 3.05) is 0 Å². The van der Waals surface area contributed by atoms with E-state index in [1.807, 2.05) is 36.4 Å². The average Bonchev–Trinajstić information content (AvgIpc) is 2.03. The van der Waals surface area contributed by atoms with E-state index in [2.05, 4.69) is 0 Å². The van der Waals surface area contributed by atoms with Crippen molar-refractivity contribution in [3.05, 3.63) is 41.6 Å². The summed E-state index contributed by atoms with van der Waals surface area (Å²) in [6.45, 7) is 0. The van der Waals surface area contributed by atoms with Crippen molar-refractivity contribution in [1.82, 2.24) is 0 Å². The molecule has 2 heteroatoms. The molecule has 0 spiro atoms. The summed E-state index contributed by atoms with van der Waals surface area (Å²) in [5.74, 6) is 0. The smallest absolute Gasteiger partial charge is 0.240 e. The third kappa shape index (κ3) is 2.15. The van der Waals surface area contributed by atoms with E-state index in [0.717, 1.165) is 5.56 Å². The SMILES string of the molecule is F[SiH2]C=Cc1ccccc1. The van der Waals surface area contributed by atoms with Crippen molar-refractivity contribution in [2.45, 2.75) is 0 Å². The highest BCUT2D eigenvalue weighted by atomic mass is 28.3. The lowest BCUT2D eigenvalue weighted by atomic mass is 10.2. The van der Waals surface area contributed by atoms with Crippen molar-refractivity contribution in [1.29, 1.82) is 0 Å². The summed E-state index contributed by atoms with van der Waals surface area (Å²) in [5, 5.41) is 0. The molecule has 0 saturated heterocycles. The molecule has 0 fully saturated rings. The molecule has 0 atom stereocenters. The van der Waals surface area contributed by atoms with Crippen LogP contribution in [0.15, 0.2) is 36.0 Å². The van der Waals surface area contributed by atoms with Gasteiger partial charge in [0.25, 0.3) is 0 Å². The first-order chi connectivity index (χ1) is 4.93. The van der Waals surface area contributed by atoms with Gasteiger partial charge in [0.2, 0.25) is 9.85 Å². The zero-order valence-corrected chi connectivity index (χ0v) is 7.04. The molecular formula is C8H9FSi. The molecule has 0 amide bonds. The third-order valence-corrected chi connectivity index (χ3v) is 1.61. The highest BCUT2D eigenvalue weighted by Crippen LogP contribution is 1.99. The zero-order chi connectivity index (χ0) is 7.23. The summed E-state index contributed by atoms with van der Waals surface area (Å²) < 4.78 is 11.7. The molecule has 0 N–H and O–H groups in total. The molecule has 0 saturated carbocycles. The second kappa shape index (κ2) is 4.01. The number of benzene rings is 1. The first-order valence-electron chi connectivity index (χ1n) is 3.21. The summed E-state index contributed by atoms with van der Waals surface area (Å²) >= 11 is 0. The minimum Gasteiger partial charge on any atom is -0.317 e. The summed E-state index contributed by atoms with van der Waals surface area (Å²) in [5.41, 5.74) is 2.71. The van der Waals surface area contributed by atoms with Crippen molar-refractivity contribution in [2.24, 2.45) is 0 Å². The quantitative estimate of drug-likeness (QED) is 0.447. The predicted molar refractivity (Wildman–Crippen MR) is 45.1 cm³/mol. The van der Waals surface area contributed by atoms with Crippen LogP contribution in [-0.4, -0.2) is 9.85 Å². The zero-order valence-electron chi connectivity index (χ0n) is 5.63. The van der Waals surface area contributed by atoms with Gasteiger partial charge in [-0.25, -0.2) is 0 Å². The largest absolute Gasteiger partial charge is 0.317 e. The molecule has 10 heavy (non-hydrogen) atoms. The Kier molecular flexibility index (Phi) is 2.89. The minimum atomic E-state index is -1.41. The maximum Gasteiger partial charge on any atom is 0.240 e. The average molecular weight is 152 g/mol. The molecule has 0 aliphatic carbocycles. The van der Waals surface area contributed by atoms with Gasteiger partial charge in [-0.15, -0.1) is 0 Å². The van der Waals surface area contributed by atoms with E-state index in [1.165, 1.54) is 0 Å². The van der Waals surface area contributed by atoms with Gasteiger partial charge in [-0.3, -0.25) is 0 Å². The lowest BCUT2D eigenvalue weighted by molar-refractivity contribution is 0.884. The Labute approximate surface area is 62.4 Å². The van der Waals surface area contributed by atoms with E-state index in [1.54, 1.807) is 5.70 Å². The topological polar surface area (TPSA) is 0 Å². The Morgan fingerprint density at radius 2 is 1.90 bits per heavy atom. The van der Waals surface area contributed by atoms with Crippen LogP contribution in [0.2, 0.25) is 0 Å². The van der Waals surface area contributed by atoms with Gasteiger partial charge in [0.15, 0.2) is 0 Å². The molecule has 0 aromatic heterocycles. The molecule has 0 radical (unpaired) electrons. The highest BCUT2D eigenvalue weighted by Gasteiger charge is 1.80. The number of hydrogen-bond donors (Lipinski definition) is 0. The number of hydrogen-bond acceptors (Lipinski definition) is 0. The van der Waals surface area contributed by atoms with Crippen LogP contribution in [0, 0.1) is 0 Å². The molecule has 1 rings (SSSR count). The van der Waals surface area contributed by atoms with Crippen LogP contribution in [0.25, 0.3) is 6.08 Å². The Morgan fingerprint density at radius 1 is 1.20 bits per heavy atom. The molecule has 52 valence electrons. The van der Waals surface area contributed by atoms with Crippen molar-refractivity contribution in [3.8, 4) is 0 Å². The Bertz CT molecular complexity index is 206. The molecule has 0 heterocycles. The van der Waals surface area contributed by atoms with Gasteiger partial charge < -0.3 is 4.11 Å². The maximum absolute atomic E-state index is 11.7. The van der Waals surface area contributed by atoms with E-state index in [9.17, 15) is 4.11 Å². The molecule has 0 aliphatic rings. The standard InChI is InChI=1S/C8H9FSi/c9-10-7-6-8-4-2-1-3-5-8/h1-7H,10H2. The highest BCUT2D eigenvalue weighted by molar-refractivity contribution is 6.34. The lowest BCUT2D eigenvalue weighted by Crippen LogP contribution is -1.70. The van der Waals surface area contributed by atoms with Gasteiger partial charge in [-0.2, -0.15) is 0 Å². The van der Waals surface area contributed by atoms with E-state index in [-0.39, 0.29) is 0 Å². The fourth-order valence-corrected chi connectivity index (χ4v) is 1.11. The number of halogens is 1. The monoisotopic (exact) mass is 152 g/mol. The molecule has 1 aromatic rings. The minimum absolute atomic E-state index is 1.08. The second-order valence-electron chi connectivity index (χ2n) is 1.97. The summed E-state index contributed by atoms with van der Waals surface area (Å²) in [7, 11) is -1.41. The van der Waals surface area contributed by atoms with E-state index < -0.39 is 9.85 Å². The second-order valence-corrected chi connectivity index (χ2v) is 2.75. The van der Waals surface area contributed by atoms with Crippen molar-refractivity contribution >= 4 is 15.9 Å². The van der Waals surface area contributed by atoms with Crippen LogP contribution < -0.4 is 0 Å². The molecule has 0 bridgehead atoms. The van der Waals surface area contributed by atoms with E-state index in [0.29, 0.717) is 0 Å². The maximum atomic E-state index is 11.7.